The van der Waals surface area contributed by atoms with E-state index in [1.54, 1.807) is 4.57 Å². The fourth-order valence-corrected chi connectivity index (χ4v) is 3.50. The van der Waals surface area contributed by atoms with Crippen LogP contribution in [0, 0.1) is 18.6 Å². The minimum Gasteiger partial charge on any atom is -0.381 e. The van der Waals surface area contributed by atoms with E-state index in [2.05, 4.69) is 10.1 Å². The smallest absolute Gasteiger partial charge is 0.137 e. The van der Waals surface area contributed by atoms with Crippen molar-refractivity contribution in [2.75, 3.05) is 0 Å². The van der Waals surface area contributed by atoms with Crippen molar-refractivity contribution in [3.63, 3.8) is 0 Å². The fourth-order valence-electron chi connectivity index (χ4n) is 3.50. The molecular formula is C24H22F2N4O. The van der Waals surface area contributed by atoms with Gasteiger partial charge in [0.15, 0.2) is 0 Å². The number of hydrogen-bond acceptors (Lipinski definition) is 3. The van der Waals surface area contributed by atoms with Crippen LogP contribution in [0.15, 0.2) is 73.6 Å². The summed E-state index contributed by atoms with van der Waals surface area (Å²) in [7, 11) is 0. The van der Waals surface area contributed by atoms with Crippen molar-refractivity contribution >= 4 is 12.2 Å². The van der Waals surface area contributed by atoms with Gasteiger partial charge in [0.2, 0.25) is 0 Å². The zero-order chi connectivity index (χ0) is 21.8. The Bertz CT molecular complexity index is 1180. The maximum absolute atomic E-state index is 14.6. The van der Waals surface area contributed by atoms with Gasteiger partial charge in [-0.05, 0) is 30.2 Å². The maximum Gasteiger partial charge on any atom is 0.137 e. The number of hydrogen-bond donors (Lipinski definition) is 1. The number of rotatable bonds is 7. The summed E-state index contributed by atoms with van der Waals surface area (Å²) in [4.78, 5) is 3.88. The van der Waals surface area contributed by atoms with Crippen LogP contribution in [-0.4, -0.2) is 24.4 Å². The Hall–Kier alpha value is -3.58. The first kappa shape index (κ1) is 20.7. The molecule has 0 saturated carbocycles. The van der Waals surface area contributed by atoms with E-state index in [1.807, 2.05) is 61.8 Å². The van der Waals surface area contributed by atoms with Gasteiger partial charge in [0.1, 0.15) is 29.9 Å². The molecule has 5 nitrogen and oxygen atoms in total. The Morgan fingerprint density at radius 3 is 2.48 bits per heavy atom. The maximum atomic E-state index is 14.6. The topological polar surface area (TPSA) is 55.9 Å². The lowest BCUT2D eigenvalue weighted by molar-refractivity contribution is -0.00534. The Balaban J connectivity index is 1.59. The van der Waals surface area contributed by atoms with E-state index >= 15 is 0 Å². The summed E-state index contributed by atoms with van der Waals surface area (Å²) in [6.45, 7) is 2.05. The second kappa shape index (κ2) is 8.65. The number of aryl methyl sites for hydroxylation is 1. The molecule has 158 valence electrons. The summed E-state index contributed by atoms with van der Waals surface area (Å²) in [6.07, 6.45) is 10.4. The predicted molar refractivity (Wildman–Crippen MR) is 115 cm³/mol. The van der Waals surface area contributed by atoms with Crippen molar-refractivity contribution < 1.29 is 13.9 Å². The molecule has 2 heterocycles. The van der Waals surface area contributed by atoms with Crippen LogP contribution in [0.3, 0.4) is 0 Å². The monoisotopic (exact) mass is 420 g/mol. The number of nitrogens with zero attached hydrogens (tertiary/aromatic N) is 4. The molecule has 4 aromatic rings. The molecule has 0 aliphatic rings. The van der Waals surface area contributed by atoms with Gasteiger partial charge in [0.25, 0.3) is 0 Å². The number of aromatic nitrogens is 4. The molecule has 4 rings (SSSR count). The first-order valence-electron chi connectivity index (χ1n) is 9.82. The second-order valence-electron chi connectivity index (χ2n) is 7.61. The summed E-state index contributed by atoms with van der Waals surface area (Å²) in [5, 5.41) is 15.5. The summed E-state index contributed by atoms with van der Waals surface area (Å²) in [5.41, 5.74) is 1.54. The van der Waals surface area contributed by atoms with Gasteiger partial charge in [-0.1, -0.05) is 48.0 Å². The van der Waals surface area contributed by atoms with Crippen molar-refractivity contribution in [1.82, 2.24) is 19.3 Å². The molecule has 1 unspecified atom stereocenters. The van der Waals surface area contributed by atoms with Gasteiger partial charge in [-0.15, -0.1) is 0 Å². The third kappa shape index (κ3) is 4.95. The molecule has 0 fully saturated rings. The molecule has 0 radical (unpaired) electrons. The third-order valence-corrected chi connectivity index (χ3v) is 5.09. The van der Waals surface area contributed by atoms with E-state index in [4.69, 9.17) is 0 Å². The van der Waals surface area contributed by atoms with Gasteiger partial charge in [-0.2, -0.15) is 5.10 Å². The molecule has 2 aromatic heterocycles. The Kier molecular flexibility index (Phi) is 5.77. The van der Waals surface area contributed by atoms with E-state index in [9.17, 15) is 13.9 Å². The van der Waals surface area contributed by atoms with Gasteiger partial charge in [0.05, 0.1) is 13.1 Å². The van der Waals surface area contributed by atoms with Crippen molar-refractivity contribution in [3.05, 3.63) is 107 Å². The van der Waals surface area contributed by atoms with Gasteiger partial charge >= 0.3 is 0 Å². The van der Waals surface area contributed by atoms with Crippen LogP contribution in [0.4, 0.5) is 8.78 Å². The van der Waals surface area contributed by atoms with Crippen molar-refractivity contribution in [2.45, 2.75) is 25.6 Å². The molecule has 0 aliphatic heterocycles. The van der Waals surface area contributed by atoms with Crippen LogP contribution < -0.4 is 0 Å². The standard InChI is InChI=1S/C24H22F2N4O/c1-18-2-4-19(5-3-18)6-7-20-10-11-29(13-20)14-24(31,15-30-17-27-16-28-30)22-9-8-21(25)12-23(22)26/h2-13,16-17,31H,14-15H2,1H3. The van der Waals surface area contributed by atoms with E-state index in [-0.39, 0.29) is 18.7 Å². The Labute approximate surface area is 178 Å². The largest absolute Gasteiger partial charge is 0.381 e. The Morgan fingerprint density at radius 1 is 1.00 bits per heavy atom. The lowest BCUT2D eigenvalue weighted by Gasteiger charge is -2.29. The summed E-state index contributed by atoms with van der Waals surface area (Å²) >= 11 is 0. The summed E-state index contributed by atoms with van der Waals surface area (Å²) < 4.78 is 31.2. The molecular weight excluding hydrogens is 398 g/mol. The van der Waals surface area contributed by atoms with E-state index in [1.165, 1.54) is 29.0 Å². The zero-order valence-corrected chi connectivity index (χ0v) is 17.0. The molecule has 0 bridgehead atoms. The van der Waals surface area contributed by atoms with E-state index < -0.39 is 17.2 Å². The van der Waals surface area contributed by atoms with Gasteiger partial charge < -0.3 is 9.67 Å². The van der Waals surface area contributed by atoms with Crippen molar-refractivity contribution in [2.24, 2.45) is 0 Å². The van der Waals surface area contributed by atoms with Crippen LogP contribution >= 0.6 is 0 Å². The number of aliphatic hydroxyl groups is 1. The zero-order valence-electron chi connectivity index (χ0n) is 17.0. The fraction of sp³-hybridized carbons (Fsp3) is 0.167. The minimum atomic E-state index is -1.66. The van der Waals surface area contributed by atoms with E-state index in [0.29, 0.717) is 0 Å². The minimum absolute atomic E-state index is 0.00477. The van der Waals surface area contributed by atoms with Crippen LogP contribution in [0.1, 0.15) is 22.3 Å². The Morgan fingerprint density at radius 2 is 1.77 bits per heavy atom. The molecule has 0 saturated heterocycles. The average molecular weight is 420 g/mol. The first-order valence-corrected chi connectivity index (χ1v) is 9.82. The average Bonchev–Trinajstić information content (AvgIpc) is 3.39. The van der Waals surface area contributed by atoms with Gasteiger partial charge in [-0.3, -0.25) is 0 Å². The van der Waals surface area contributed by atoms with Gasteiger partial charge in [-0.25, -0.2) is 18.4 Å². The molecule has 0 amide bonds. The summed E-state index contributed by atoms with van der Waals surface area (Å²) in [5.74, 6) is -1.51. The van der Waals surface area contributed by atoms with Crippen molar-refractivity contribution in [1.29, 1.82) is 0 Å². The highest BCUT2D eigenvalue weighted by molar-refractivity contribution is 5.69. The molecule has 0 aliphatic carbocycles. The molecule has 1 atom stereocenters. The lowest BCUT2D eigenvalue weighted by atomic mass is 9.92. The lowest BCUT2D eigenvalue weighted by Crippen LogP contribution is -2.37. The third-order valence-electron chi connectivity index (χ3n) is 5.09. The van der Waals surface area contributed by atoms with Crippen LogP contribution in [-0.2, 0) is 18.7 Å². The second-order valence-corrected chi connectivity index (χ2v) is 7.61. The number of halogens is 2. The highest BCUT2D eigenvalue weighted by Gasteiger charge is 2.34. The molecule has 2 aromatic carbocycles. The van der Waals surface area contributed by atoms with E-state index in [0.717, 1.165) is 23.3 Å². The van der Waals surface area contributed by atoms with Crippen molar-refractivity contribution in [3.8, 4) is 0 Å². The quantitative estimate of drug-likeness (QED) is 0.481. The molecule has 31 heavy (non-hydrogen) atoms. The first-order chi connectivity index (χ1) is 14.9. The van der Waals surface area contributed by atoms with Crippen LogP contribution in [0.2, 0.25) is 0 Å². The van der Waals surface area contributed by atoms with Crippen LogP contribution in [0.5, 0.6) is 0 Å². The molecule has 1 N–H and O–H groups in total. The highest BCUT2D eigenvalue weighted by Crippen LogP contribution is 2.29. The van der Waals surface area contributed by atoms with Crippen LogP contribution in [0.25, 0.3) is 12.2 Å². The predicted octanol–water partition coefficient (Wildman–Crippen LogP) is 4.42. The molecule has 7 heteroatoms. The van der Waals surface area contributed by atoms with Gasteiger partial charge in [0, 0.05) is 24.0 Å². The molecule has 0 spiro atoms. The number of benzene rings is 2. The summed E-state index contributed by atoms with van der Waals surface area (Å²) in [6, 6.07) is 13.3. The highest BCUT2D eigenvalue weighted by atomic mass is 19.1. The SMILES string of the molecule is Cc1ccc(C=Cc2ccn(CC(O)(Cn3cncn3)c3ccc(F)cc3F)c2)cc1. The normalized spacial score (nSPS) is 13.5.